The van der Waals surface area contributed by atoms with Crippen LogP contribution in [0.25, 0.3) is 5.57 Å². The number of likely N-dealkylation sites (N-methyl/N-ethyl adjacent to an activating group) is 1. The zero-order valence-electron chi connectivity index (χ0n) is 17.1. The molecular formula is C23H25ClN2O2. The van der Waals surface area contributed by atoms with Gasteiger partial charge in [0.1, 0.15) is 0 Å². The van der Waals surface area contributed by atoms with Gasteiger partial charge in [-0.15, -0.1) is 0 Å². The average Bonchev–Trinajstić information content (AvgIpc) is 2.65. The molecule has 146 valence electrons. The van der Waals surface area contributed by atoms with Crippen molar-refractivity contribution in [3.8, 4) is 0 Å². The molecule has 0 amide bonds. The lowest BCUT2D eigenvalue weighted by molar-refractivity contribution is 0.0600. The Bertz CT molecular complexity index is 1010. The minimum atomic E-state index is -0.368. The van der Waals surface area contributed by atoms with E-state index in [1.807, 2.05) is 19.1 Å². The van der Waals surface area contributed by atoms with Crippen molar-refractivity contribution in [2.24, 2.45) is 4.99 Å². The smallest absolute Gasteiger partial charge is 0.338 e. The molecule has 0 saturated carbocycles. The largest absolute Gasteiger partial charge is 0.465 e. The lowest BCUT2D eigenvalue weighted by atomic mass is 9.88. The van der Waals surface area contributed by atoms with Crippen LogP contribution in [0.15, 0.2) is 41.4 Å². The summed E-state index contributed by atoms with van der Waals surface area (Å²) in [6.45, 7) is 8.34. The van der Waals surface area contributed by atoms with Crippen LogP contribution in [0.4, 0.5) is 11.4 Å². The van der Waals surface area contributed by atoms with E-state index in [1.165, 1.54) is 12.7 Å². The van der Waals surface area contributed by atoms with Gasteiger partial charge in [0, 0.05) is 30.1 Å². The molecule has 2 aromatic carbocycles. The molecule has 0 unspecified atom stereocenters. The Hall–Kier alpha value is -2.59. The highest BCUT2D eigenvalue weighted by molar-refractivity contribution is 6.33. The summed E-state index contributed by atoms with van der Waals surface area (Å²) in [6, 6.07) is 9.46. The van der Waals surface area contributed by atoms with Crippen LogP contribution < -0.4 is 4.90 Å². The van der Waals surface area contributed by atoms with Crippen molar-refractivity contribution in [2.45, 2.75) is 33.2 Å². The van der Waals surface area contributed by atoms with Gasteiger partial charge in [0.15, 0.2) is 0 Å². The number of halogens is 1. The molecule has 0 atom stereocenters. The topological polar surface area (TPSA) is 41.9 Å². The molecular weight excluding hydrogens is 372 g/mol. The SMILES string of the molecule is COC(=O)c1cccc(N=Cc2cc3c(cc2Cl)N(C)C(C)(C)C=C3C)c1C. The zero-order chi connectivity index (χ0) is 20.6. The highest BCUT2D eigenvalue weighted by Crippen LogP contribution is 2.40. The molecule has 28 heavy (non-hydrogen) atoms. The number of hydrogen-bond acceptors (Lipinski definition) is 4. The van der Waals surface area contributed by atoms with E-state index in [-0.39, 0.29) is 11.5 Å². The third-order valence-electron chi connectivity index (χ3n) is 5.39. The quantitative estimate of drug-likeness (QED) is 0.485. The monoisotopic (exact) mass is 396 g/mol. The van der Waals surface area contributed by atoms with Crippen molar-refractivity contribution >= 4 is 40.7 Å². The normalized spacial score (nSPS) is 15.4. The highest BCUT2D eigenvalue weighted by atomic mass is 35.5. The number of ether oxygens (including phenoxy) is 1. The number of aliphatic imine (C=N–C) groups is 1. The molecule has 0 aromatic heterocycles. The summed E-state index contributed by atoms with van der Waals surface area (Å²) in [7, 11) is 3.45. The number of esters is 1. The number of hydrogen-bond donors (Lipinski definition) is 0. The third kappa shape index (κ3) is 3.57. The molecule has 0 fully saturated rings. The number of benzene rings is 2. The standard InChI is InChI=1S/C23H25ClN2O2/c1-14-12-23(3,4)26(5)21-11-19(24)16(10-18(14)21)13-25-20-9-7-8-17(15(20)2)22(27)28-6/h7-13H,1-6H3. The second-order valence-electron chi connectivity index (χ2n) is 7.63. The summed E-state index contributed by atoms with van der Waals surface area (Å²) in [5.74, 6) is -0.368. The first-order valence-electron chi connectivity index (χ1n) is 9.15. The minimum Gasteiger partial charge on any atom is -0.465 e. The van der Waals surface area contributed by atoms with Crippen molar-refractivity contribution < 1.29 is 9.53 Å². The lowest BCUT2D eigenvalue weighted by Gasteiger charge is -2.40. The first-order chi connectivity index (χ1) is 13.2. The molecule has 0 saturated heterocycles. The molecule has 0 spiro atoms. The van der Waals surface area contributed by atoms with E-state index in [1.54, 1.807) is 18.3 Å². The summed E-state index contributed by atoms with van der Waals surface area (Å²) in [5, 5.41) is 0.640. The molecule has 0 radical (unpaired) electrons. The Morgan fingerprint density at radius 1 is 1.25 bits per heavy atom. The number of carbonyl (C=O) groups is 1. The molecule has 0 N–H and O–H groups in total. The van der Waals surface area contributed by atoms with Crippen LogP contribution in [0.3, 0.4) is 0 Å². The number of fused-ring (bicyclic) bond motifs is 1. The number of carbonyl (C=O) groups excluding carboxylic acids is 1. The molecule has 1 aliphatic rings. The number of rotatable bonds is 3. The van der Waals surface area contributed by atoms with Crippen molar-refractivity contribution in [3.05, 3.63) is 63.7 Å². The second kappa shape index (κ2) is 7.44. The van der Waals surface area contributed by atoms with Gasteiger partial charge in [-0.2, -0.15) is 0 Å². The van der Waals surface area contributed by atoms with Gasteiger partial charge in [-0.1, -0.05) is 23.7 Å². The minimum absolute atomic E-state index is 0.0680. The maximum Gasteiger partial charge on any atom is 0.338 e. The second-order valence-corrected chi connectivity index (χ2v) is 8.04. The fraction of sp³-hybridized carbons (Fsp3) is 0.304. The average molecular weight is 397 g/mol. The van der Waals surface area contributed by atoms with Crippen LogP contribution in [0, 0.1) is 6.92 Å². The number of anilines is 1. The van der Waals surface area contributed by atoms with Crippen LogP contribution in [-0.4, -0.2) is 31.9 Å². The molecule has 3 rings (SSSR count). The predicted molar refractivity (Wildman–Crippen MR) is 117 cm³/mol. The molecule has 0 bridgehead atoms. The Kier molecular flexibility index (Phi) is 5.35. The van der Waals surface area contributed by atoms with Crippen molar-refractivity contribution in [2.75, 3.05) is 19.1 Å². The van der Waals surface area contributed by atoms with Crippen LogP contribution in [0.5, 0.6) is 0 Å². The van der Waals surface area contributed by atoms with E-state index in [0.717, 1.165) is 22.4 Å². The Morgan fingerprint density at radius 2 is 1.96 bits per heavy atom. The summed E-state index contributed by atoms with van der Waals surface area (Å²) < 4.78 is 4.83. The lowest BCUT2D eigenvalue weighted by Crippen LogP contribution is -2.42. The van der Waals surface area contributed by atoms with Gasteiger partial charge in [-0.05, 0) is 63.1 Å². The van der Waals surface area contributed by atoms with E-state index in [9.17, 15) is 4.79 Å². The number of nitrogens with zero attached hydrogens (tertiary/aromatic N) is 2. The highest BCUT2D eigenvalue weighted by Gasteiger charge is 2.29. The van der Waals surface area contributed by atoms with Crippen molar-refractivity contribution in [1.29, 1.82) is 0 Å². The van der Waals surface area contributed by atoms with Crippen LogP contribution in [-0.2, 0) is 4.74 Å². The van der Waals surface area contributed by atoms with Gasteiger partial charge in [-0.25, -0.2) is 4.79 Å². The van der Waals surface area contributed by atoms with Gasteiger partial charge in [-0.3, -0.25) is 4.99 Å². The van der Waals surface area contributed by atoms with E-state index in [0.29, 0.717) is 16.3 Å². The van der Waals surface area contributed by atoms with Crippen LogP contribution in [0.1, 0.15) is 47.8 Å². The fourth-order valence-corrected chi connectivity index (χ4v) is 3.73. The van der Waals surface area contributed by atoms with E-state index in [2.05, 4.69) is 49.9 Å². The summed E-state index contributed by atoms with van der Waals surface area (Å²) in [5.41, 5.74) is 6.23. The van der Waals surface area contributed by atoms with Gasteiger partial charge in [0.05, 0.1) is 28.9 Å². The Morgan fingerprint density at radius 3 is 2.64 bits per heavy atom. The zero-order valence-corrected chi connectivity index (χ0v) is 17.9. The third-order valence-corrected chi connectivity index (χ3v) is 5.72. The van der Waals surface area contributed by atoms with Gasteiger partial charge in [0.2, 0.25) is 0 Å². The van der Waals surface area contributed by atoms with Gasteiger partial charge < -0.3 is 9.64 Å². The van der Waals surface area contributed by atoms with E-state index < -0.39 is 0 Å². The summed E-state index contributed by atoms with van der Waals surface area (Å²) >= 11 is 6.57. The van der Waals surface area contributed by atoms with Gasteiger partial charge >= 0.3 is 5.97 Å². The number of allylic oxidation sites excluding steroid dienone is 1. The van der Waals surface area contributed by atoms with E-state index >= 15 is 0 Å². The first-order valence-corrected chi connectivity index (χ1v) is 9.52. The maximum atomic E-state index is 11.9. The maximum absolute atomic E-state index is 11.9. The Balaban J connectivity index is 2.02. The van der Waals surface area contributed by atoms with Crippen molar-refractivity contribution in [1.82, 2.24) is 0 Å². The van der Waals surface area contributed by atoms with Crippen molar-refractivity contribution in [3.63, 3.8) is 0 Å². The predicted octanol–water partition coefficient (Wildman–Crippen LogP) is 5.82. The van der Waals surface area contributed by atoms with E-state index in [4.69, 9.17) is 16.3 Å². The molecule has 5 heteroatoms. The summed E-state index contributed by atoms with van der Waals surface area (Å²) in [6.07, 6.45) is 4.01. The van der Waals surface area contributed by atoms with Crippen LogP contribution >= 0.6 is 11.6 Å². The molecule has 1 aliphatic heterocycles. The molecule has 2 aromatic rings. The molecule has 4 nitrogen and oxygen atoms in total. The molecule has 0 aliphatic carbocycles. The fourth-order valence-electron chi connectivity index (χ4n) is 3.52. The van der Waals surface area contributed by atoms with Crippen LogP contribution in [0.2, 0.25) is 5.02 Å². The van der Waals surface area contributed by atoms with Gasteiger partial charge in [0.25, 0.3) is 0 Å². The Labute approximate surface area is 171 Å². The summed E-state index contributed by atoms with van der Waals surface area (Å²) in [4.78, 5) is 18.7. The molecule has 1 heterocycles. The number of methoxy groups -OCH3 is 1. The first kappa shape index (κ1) is 20.2.